The highest BCUT2D eigenvalue weighted by Crippen LogP contribution is 2.13. The molecule has 1 aliphatic rings. The fraction of sp³-hybridized carbons (Fsp3) is 0.385. The first-order valence-corrected chi connectivity index (χ1v) is 5.88. The molecule has 5 nitrogen and oxygen atoms in total. The van der Waals surface area contributed by atoms with Crippen LogP contribution in [-0.4, -0.2) is 35.7 Å². The highest BCUT2D eigenvalue weighted by Gasteiger charge is 2.29. The zero-order valence-corrected chi connectivity index (χ0v) is 9.83. The largest absolute Gasteiger partial charge is 0.480 e. The van der Waals surface area contributed by atoms with Gasteiger partial charge in [-0.1, -0.05) is 18.2 Å². The summed E-state index contributed by atoms with van der Waals surface area (Å²) in [5.41, 5.74) is 0.505. The third-order valence-corrected chi connectivity index (χ3v) is 2.96. The molecule has 18 heavy (non-hydrogen) atoms. The summed E-state index contributed by atoms with van der Waals surface area (Å²) in [5, 5.41) is 11.7. The summed E-state index contributed by atoms with van der Waals surface area (Å²) >= 11 is 0. The lowest BCUT2D eigenvalue weighted by atomic mass is 10.2. The van der Waals surface area contributed by atoms with Gasteiger partial charge in [0.25, 0.3) is 0 Å². The Labute approximate surface area is 105 Å². The molecule has 1 aromatic rings. The van der Waals surface area contributed by atoms with E-state index in [1.165, 1.54) is 0 Å². The number of hydrogen-bond acceptors (Lipinski definition) is 4. The minimum atomic E-state index is -0.855. The second-order valence-corrected chi connectivity index (χ2v) is 4.30. The molecule has 0 aliphatic carbocycles. The van der Waals surface area contributed by atoms with Crippen molar-refractivity contribution in [3.8, 4) is 0 Å². The number of hydrogen-bond donors (Lipinski definition) is 2. The fourth-order valence-corrected chi connectivity index (χ4v) is 1.98. The SMILES string of the molecule is O=C(OC[C@H]1CCC(C(=O)O)N1)c1ccccc1. The van der Waals surface area contributed by atoms with E-state index in [1.807, 2.05) is 6.07 Å². The van der Waals surface area contributed by atoms with Crippen LogP contribution in [0.25, 0.3) is 0 Å². The summed E-state index contributed by atoms with van der Waals surface area (Å²) in [6.45, 7) is 0.206. The van der Waals surface area contributed by atoms with Crippen LogP contribution in [0.3, 0.4) is 0 Å². The van der Waals surface area contributed by atoms with Gasteiger partial charge >= 0.3 is 11.9 Å². The maximum atomic E-state index is 11.7. The molecule has 96 valence electrons. The predicted molar refractivity (Wildman–Crippen MR) is 64.3 cm³/mol. The molecule has 1 aliphatic heterocycles. The van der Waals surface area contributed by atoms with Crippen molar-refractivity contribution in [2.45, 2.75) is 24.9 Å². The standard InChI is InChI=1S/C13H15NO4/c15-12(16)11-7-6-10(14-11)8-18-13(17)9-4-2-1-3-5-9/h1-5,10-11,14H,6-8H2,(H,15,16)/t10-,11?/m1/s1. The van der Waals surface area contributed by atoms with Gasteiger partial charge in [-0.2, -0.15) is 0 Å². The van der Waals surface area contributed by atoms with Crippen LogP contribution in [0.15, 0.2) is 30.3 Å². The van der Waals surface area contributed by atoms with Crippen molar-refractivity contribution < 1.29 is 19.4 Å². The first kappa shape index (κ1) is 12.6. The van der Waals surface area contributed by atoms with Crippen molar-refractivity contribution in [3.05, 3.63) is 35.9 Å². The molecule has 0 aromatic heterocycles. The number of aliphatic carboxylic acids is 1. The third kappa shape index (κ3) is 3.07. The number of benzene rings is 1. The smallest absolute Gasteiger partial charge is 0.338 e. The lowest BCUT2D eigenvalue weighted by Crippen LogP contribution is -2.37. The molecule has 1 fully saturated rings. The van der Waals surface area contributed by atoms with E-state index in [-0.39, 0.29) is 18.6 Å². The number of esters is 1. The Morgan fingerprint density at radius 1 is 1.28 bits per heavy atom. The monoisotopic (exact) mass is 249 g/mol. The van der Waals surface area contributed by atoms with Crippen LogP contribution in [-0.2, 0) is 9.53 Å². The lowest BCUT2D eigenvalue weighted by molar-refractivity contribution is -0.139. The number of ether oxygens (including phenoxy) is 1. The average Bonchev–Trinajstić information content (AvgIpc) is 2.86. The molecule has 0 spiro atoms. The number of rotatable bonds is 4. The Hall–Kier alpha value is -1.88. The highest BCUT2D eigenvalue weighted by atomic mass is 16.5. The van der Waals surface area contributed by atoms with Crippen LogP contribution >= 0.6 is 0 Å². The Kier molecular flexibility index (Phi) is 3.94. The number of carboxylic acids is 1. The molecular weight excluding hydrogens is 234 g/mol. The van der Waals surface area contributed by atoms with Crippen molar-refractivity contribution in [1.29, 1.82) is 0 Å². The van der Waals surface area contributed by atoms with Crippen molar-refractivity contribution in [3.63, 3.8) is 0 Å². The van der Waals surface area contributed by atoms with Crippen LogP contribution in [0.4, 0.5) is 0 Å². The summed E-state index contributed by atoms with van der Waals surface area (Å²) in [6, 6.07) is 8.14. The minimum absolute atomic E-state index is 0.0706. The molecular formula is C13H15NO4. The van der Waals surface area contributed by atoms with Crippen molar-refractivity contribution in [2.75, 3.05) is 6.61 Å². The minimum Gasteiger partial charge on any atom is -0.480 e. The van der Waals surface area contributed by atoms with Gasteiger partial charge in [-0.15, -0.1) is 0 Å². The molecule has 2 atom stereocenters. The van der Waals surface area contributed by atoms with Gasteiger partial charge in [-0.25, -0.2) is 4.79 Å². The van der Waals surface area contributed by atoms with Crippen LogP contribution < -0.4 is 5.32 Å². The second-order valence-electron chi connectivity index (χ2n) is 4.30. The zero-order chi connectivity index (χ0) is 13.0. The molecule has 1 aromatic carbocycles. The molecule has 1 unspecified atom stereocenters. The third-order valence-electron chi connectivity index (χ3n) is 2.96. The Balaban J connectivity index is 1.79. The van der Waals surface area contributed by atoms with E-state index >= 15 is 0 Å². The molecule has 0 amide bonds. The second kappa shape index (κ2) is 5.64. The van der Waals surface area contributed by atoms with Crippen molar-refractivity contribution in [2.24, 2.45) is 0 Å². The fourth-order valence-electron chi connectivity index (χ4n) is 1.98. The summed E-state index contributed by atoms with van der Waals surface area (Å²) < 4.78 is 5.15. The zero-order valence-electron chi connectivity index (χ0n) is 9.83. The van der Waals surface area contributed by atoms with Crippen LogP contribution in [0.5, 0.6) is 0 Å². The molecule has 0 saturated carbocycles. The summed E-state index contributed by atoms with van der Waals surface area (Å²) in [4.78, 5) is 22.4. The number of nitrogens with one attached hydrogen (secondary N) is 1. The average molecular weight is 249 g/mol. The van der Waals surface area contributed by atoms with Gasteiger partial charge in [-0.05, 0) is 25.0 Å². The number of carbonyl (C=O) groups is 2. The van der Waals surface area contributed by atoms with E-state index in [4.69, 9.17) is 9.84 Å². The molecule has 1 heterocycles. The van der Waals surface area contributed by atoms with E-state index < -0.39 is 12.0 Å². The summed E-state index contributed by atoms with van der Waals surface area (Å²) in [5.74, 6) is -1.23. The topological polar surface area (TPSA) is 75.6 Å². The van der Waals surface area contributed by atoms with E-state index in [9.17, 15) is 9.59 Å². The maximum Gasteiger partial charge on any atom is 0.338 e. The summed E-state index contributed by atoms with van der Waals surface area (Å²) in [6.07, 6.45) is 1.28. The van der Waals surface area contributed by atoms with Gasteiger partial charge in [0.2, 0.25) is 0 Å². The Morgan fingerprint density at radius 3 is 2.61 bits per heavy atom. The Morgan fingerprint density at radius 2 is 2.00 bits per heavy atom. The lowest BCUT2D eigenvalue weighted by Gasteiger charge is -2.12. The first-order valence-electron chi connectivity index (χ1n) is 5.88. The van der Waals surface area contributed by atoms with Gasteiger partial charge in [0.1, 0.15) is 12.6 Å². The molecule has 1 saturated heterocycles. The summed E-state index contributed by atoms with van der Waals surface area (Å²) in [7, 11) is 0. The molecule has 0 radical (unpaired) electrons. The molecule has 2 rings (SSSR count). The van der Waals surface area contributed by atoms with E-state index in [2.05, 4.69) is 5.32 Å². The van der Waals surface area contributed by atoms with Gasteiger partial charge in [0, 0.05) is 6.04 Å². The van der Waals surface area contributed by atoms with Crippen molar-refractivity contribution >= 4 is 11.9 Å². The molecule has 0 bridgehead atoms. The van der Waals surface area contributed by atoms with Crippen LogP contribution in [0.1, 0.15) is 23.2 Å². The van der Waals surface area contributed by atoms with E-state index in [0.29, 0.717) is 18.4 Å². The molecule has 2 N–H and O–H groups in total. The predicted octanol–water partition coefficient (Wildman–Crippen LogP) is 1.05. The van der Waals surface area contributed by atoms with Crippen LogP contribution in [0.2, 0.25) is 0 Å². The van der Waals surface area contributed by atoms with Gasteiger partial charge in [0.15, 0.2) is 0 Å². The van der Waals surface area contributed by atoms with Crippen LogP contribution in [0, 0.1) is 0 Å². The van der Waals surface area contributed by atoms with Crippen molar-refractivity contribution in [1.82, 2.24) is 5.32 Å². The quantitative estimate of drug-likeness (QED) is 0.780. The number of carboxylic acid groups (broad SMARTS) is 1. The Bertz CT molecular complexity index is 432. The highest BCUT2D eigenvalue weighted by molar-refractivity contribution is 5.89. The maximum absolute atomic E-state index is 11.7. The normalized spacial score (nSPS) is 22.7. The van der Waals surface area contributed by atoms with E-state index in [0.717, 1.165) is 0 Å². The van der Waals surface area contributed by atoms with E-state index in [1.54, 1.807) is 24.3 Å². The first-order chi connectivity index (χ1) is 8.66. The molecule has 5 heteroatoms. The number of carbonyl (C=O) groups excluding carboxylic acids is 1. The van der Waals surface area contributed by atoms with Gasteiger partial charge < -0.3 is 9.84 Å². The van der Waals surface area contributed by atoms with Gasteiger partial charge in [-0.3, -0.25) is 10.1 Å². The van der Waals surface area contributed by atoms with Gasteiger partial charge in [0.05, 0.1) is 5.56 Å².